The summed E-state index contributed by atoms with van der Waals surface area (Å²) in [6, 6.07) is -1.28. The molecule has 0 aromatic heterocycles. The standard InChI is InChI=1S/C13H18F6N2O/c14-12(15,16)7-21-5-4-10(11(21)22)20-9-3-1-2-8(6-9)13(17,18)19/h8-10,20H,1-7H2/t8-,9-,10-/m1/s1. The Hall–Kier alpha value is -0.990. The van der Waals surface area contributed by atoms with Crippen molar-refractivity contribution >= 4 is 5.91 Å². The Balaban J connectivity index is 1.88. The largest absolute Gasteiger partial charge is 0.406 e. The Morgan fingerprint density at radius 1 is 1.09 bits per heavy atom. The van der Waals surface area contributed by atoms with Gasteiger partial charge in [0.1, 0.15) is 6.54 Å². The molecule has 1 saturated heterocycles. The van der Waals surface area contributed by atoms with Crippen molar-refractivity contribution in [2.75, 3.05) is 13.1 Å². The molecule has 0 aromatic rings. The molecule has 0 aromatic carbocycles. The van der Waals surface area contributed by atoms with E-state index in [4.69, 9.17) is 0 Å². The summed E-state index contributed by atoms with van der Waals surface area (Å²) >= 11 is 0. The van der Waals surface area contributed by atoms with Crippen LogP contribution in [0.2, 0.25) is 0 Å². The molecule has 9 heteroatoms. The van der Waals surface area contributed by atoms with Crippen LogP contribution in [0.15, 0.2) is 0 Å². The zero-order valence-corrected chi connectivity index (χ0v) is 11.8. The monoisotopic (exact) mass is 332 g/mol. The zero-order chi connectivity index (χ0) is 16.5. The van der Waals surface area contributed by atoms with Crippen molar-refractivity contribution in [3.05, 3.63) is 0 Å². The number of carbonyl (C=O) groups excluding carboxylic acids is 1. The summed E-state index contributed by atoms with van der Waals surface area (Å²) in [4.78, 5) is 12.6. The van der Waals surface area contributed by atoms with E-state index >= 15 is 0 Å². The van der Waals surface area contributed by atoms with Gasteiger partial charge in [0.15, 0.2) is 0 Å². The van der Waals surface area contributed by atoms with E-state index in [1.165, 1.54) is 0 Å². The van der Waals surface area contributed by atoms with Gasteiger partial charge in [0, 0.05) is 12.6 Å². The summed E-state index contributed by atoms with van der Waals surface area (Å²) in [7, 11) is 0. The lowest BCUT2D eigenvalue weighted by Gasteiger charge is -2.32. The smallest absolute Gasteiger partial charge is 0.332 e. The normalized spacial score (nSPS) is 30.9. The zero-order valence-electron chi connectivity index (χ0n) is 11.8. The summed E-state index contributed by atoms with van der Waals surface area (Å²) in [6.07, 6.45) is -7.67. The van der Waals surface area contributed by atoms with Gasteiger partial charge in [-0.15, -0.1) is 0 Å². The van der Waals surface area contributed by atoms with E-state index in [1.807, 2.05) is 0 Å². The van der Waals surface area contributed by atoms with Gasteiger partial charge < -0.3 is 10.2 Å². The molecule has 2 aliphatic rings. The molecule has 0 bridgehead atoms. The quantitative estimate of drug-likeness (QED) is 0.806. The SMILES string of the molecule is O=C1[C@H](N[C@@H]2CCC[C@@H](C(F)(F)F)C2)CCN1CC(F)(F)F. The molecule has 1 aliphatic carbocycles. The molecule has 2 rings (SSSR count). The molecule has 0 radical (unpaired) electrons. The van der Waals surface area contributed by atoms with Crippen molar-refractivity contribution in [2.24, 2.45) is 5.92 Å². The fourth-order valence-electron chi connectivity index (χ4n) is 3.19. The fraction of sp³-hybridized carbons (Fsp3) is 0.923. The predicted molar refractivity (Wildman–Crippen MR) is 66.0 cm³/mol. The van der Waals surface area contributed by atoms with Gasteiger partial charge >= 0.3 is 12.4 Å². The maximum absolute atomic E-state index is 12.7. The highest BCUT2D eigenvalue weighted by atomic mass is 19.4. The van der Waals surface area contributed by atoms with E-state index in [0.29, 0.717) is 17.7 Å². The van der Waals surface area contributed by atoms with Crippen LogP contribution in [0.5, 0.6) is 0 Å². The van der Waals surface area contributed by atoms with Gasteiger partial charge in [-0.3, -0.25) is 4.79 Å². The highest BCUT2D eigenvalue weighted by Crippen LogP contribution is 2.37. The number of rotatable bonds is 3. The van der Waals surface area contributed by atoms with Gasteiger partial charge in [-0.2, -0.15) is 26.3 Å². The van der Waals surface area contributed by atoms with Crippen LogP contribution in [0.25, 0.3) is 0 Å². The highest BCUT2D eigenvalue weighted by Gasteiger charge is 2.44. The van der Waals surface area contributed by atoms with E-state index in [9.17, 15) is 31.1 Å². The summed E-state index contributed by atoms with van der Waals surface area (Å²) in [5, 5.41) is 2.83. The third-order valence-electron chi connectivity index (χ3n) is 4.24. The van der Waals surface area contributed by atoms with Crippen LogP contribution < -0.4 is 5.32 Å². The molecule has 1 saturated carbocycles. The van der Waals surface area contributed by atoms with Crippen molar-refractivity contribution in [1.82, 2.24) is 10.2 Å². The molecule has 0 unspecified atom stereocenters. The van der Waals surface area contributed by atoms with Crippen molar-refractivity contribution in [2.45, 2.75) is 56.5 Å². The lowest BCUT2D eigenvalue weighted by atomic mass is 9.85. The van der Waals surface area contributed by atoms with Gasteiger partial charge in [0.2, 0.25) is 5.91 Å². The molecule has 1 heterocycles. The number of nitrogens with one attached hydrogen (secondary N) is 1. The van der Waals surface area contributed by atoms with Crippen LogP contribution in [-0.2, 0) is 4.79 Å². The second-order valence-electron chi connectivity index (χ2n) is 5.98. The summed E-state index contributed by atoms with van der Waals surface area (Å²) in [6.45, 7) is -1.33. The maximum atomic E-state index is 12.7. The highest BCUT2D eigenvalue weighted by molar-refractivity contribution is 5.84. The van der Waals surface area contributed by atoms with Gasteiger partial charge in [-0.1, -0.05) is 6.42 Å². The molecule has 128 valence electrons. The summed E-state index contributed by atoms with van der Waals surface area (Å²) in [5.74, 6) is -2.08. The number of alkyl halides is 6. The van der Waals surface area contributed by atoms with Crippen molar-refractivity contribution < 1.29 is 31.1 Å². The number of carbonyl (C=O) groups is 1. The minimum Gasteiger partial charge on any atom is -0.332 e. The minimum absolute atomic E-state index is 0.0224. The van der Waals surface area contributed by atoms with Crippen LogP contribution in [0, 0.1) is 5.92 Å². The first-order valence-corrected chi connectivity index (χ1v) is 7.24. The summed E-state index contributed by atoms with van der Waals surface area (Å²) < 4.78 is 75.1. The molecule has 0 spiro atoms. The molecular formula is C13H18F6N2O. The summed E-state index contributed by atoms with van der Waals surface area (Å²) in [5.41, 5.74) is 0. The molecule has 1 aliphatic heterocycles. The molecule has 1 N–H and O–H groups in total. The van der Waals surface area contributed by atoms with Crippen molar-refractivity contribution in [1.29, 1.82) is 0 Å². The number of likely N-dealkylation sites (tertiary alicyclic amines) is 1. The average Bonchev–Trinajstić information content (AvgIpc) is 2.69. The van der Waals surface area contributed by atoms with Crippen LogP contribution in [0.3, 0.4) is 0 Å². The first-order chi connectivity index (χ1) is 10.1. The Bertz CT molecular complexity index is 408. The van der Waals surface area contributed by atoms with Crippen LogP contribution >= 0.6 is 0 Å². The fourth-order valence-corrected chi connectivity index (χ4v) is 3.19. The number of nitrogens with zero attached hydrogens (tertiary/aromatic N) is 1. The van der Waals surface area contributed by atoms with E-state index in [1.54, 1.807) is 0 Å². The van der Waals surface area contributed by atoms with Gasteiger partial charge in [-0.05, 0) is 25.7 Å². The van der Waals surface area contributed by atoms with E-state index in [0.717, 1.165) is 0 Å². The molecular weight excluding hydrogens is 314 g/mol. The first kappa shape index (κ1) is 17.4. The van der Waals surface area contributed by atoms with E-state index in [-0.39, 0.29) is 25.8 Å². The lowest BCUT2D eigenvalue weighted by molar-refractivity contribution is -0.184. The average molecular weight is 332 g/mol. The lowest BCUT2D eigenvalue weighted by Crippen LogP contribution is -2.47. The molecule has 22 heavy (non-hydrogen) atoms. The second-order valence-corrected chi connectivity index (χ2v) is 5.98. The Kier molecular flexibility index (Phi) is 4.93. The number of amides is 1. The Morgan fingerprint density at radius 2 is 1.77 bits per heavy atom. The van der Waals surface area contributed by atoms with E-state index < -0.39 is 42.8 Å². The predicted octanol–water partition coefficient (Wildman–Crippen LogP) is 2.86. The topological polar surface area (TPSA) is 32.3 Å². The van der Waals surface area contributed by atoms with Gasteiger partial charge in [-0.25, -0.2) is 0 Å². The van der Waals surface area contributed by atoms with Crippen molar-refractivity contribution in [3.8, 4) is 0 Å². The first-order valence-electron chi connectivity index (χ1n) is 7.24. The molecule has 3 atom stereocenters. The molecule has 2 fully saturated rings. The molecule has 3 nitrogen and oxygen atoms in total. The number of halogens is 6. The third-order valence-corrected chi connectivity index (χ3v) is 4.24. The van der Waals surface area contributed by atoms with E-state index in [2.05, 4.69) is 5.32 Å². The van der Waals surface area contributed by atoms with Crippen LogP contribution in [0.1, 0.15) is 32.1 Å². The minimum atomic E-state index is -4.46. The Morgan fingerprint density at radius 3 is 2.36 bits per heavy atom. The van der Waals surface area contributed by atoms with Gasteiger partial charge in [0.05, 0.1) is 12.0 Å². The van der Waals surface area contributed by atoms with Crippen molar-refractivity contribution in [3.63, 3.8) is 0 Å². The Labute approximate surface area is 124 Å². The number of hydrogen-bond acceptors (Lipinski definition) is 2. The number of hydrogen-bond donors (Lipinski definition) is 1. The van der Waals surface area contributed by atoms with Crippen LogP contribution in [0.4, 0.5) is 26.3 Å². The maximum Gasteiger partial charge on any atom is 0.406 e. The van der Waals surface area contributed by atoms with Crippen LogP contribution in [-0.4, -0.2) is 48.3 Å². The molecule has 1 amide bonds. The van der Waals surface area contributed by atoms with Gasteiger partial charge in [0.25, 0.3) is 0 Å². The third kappa shape index (κ3) is 4.50. The second kappa shape index (κ2) is 6.25.